The molecule has 2 amide bonds. The van der Waals surface area contributed by atoms with Gasteiger partial charge in [0.05, 0.1) is 5.71 Å². The third kappa shape index (κ3) is 5.18. The molecule has 4 N–H and O–H groups in total. The molecular formula is C19H28N4O. The van der Waals surface area contributed by atoms with Gasteiger partial charge >= 0.3 is 6.03 Å². The van der Waals surface area contributed by atoms with Gasteiger partial charge in [-0.1, -0.05) is 38.5 Å². The predicted molar refractivity (Wildman–Crippen MR) is 97.1 cm³/mol. The summed E-state index contributed by atoms with van der Waals surface area (Å²) in [5.74, 6) is 0.744. The number of carbonyl (C=O) groups excluding carboxylic acids is 1. The molecule has 0 aromatic carbocycles. The highest BCUT2D eigenvalue weighted by molar-refractivity contribution is 6.10. The summed E-state index contributed by atoms with van der Waals surface area (Å²) >= 11 is 0. The van der Waals surface area contributed by atoms with E-state index in [4.69, 9.17) is 11.1 Å². The Morgan fingerprint density at radius 2 is 1.92 bits per heavy atom. The van der Waals surface area contributed by atoms with Crippen molar-refractivity contribution in [1.82, 2.24) is 10.3 Å². The Morgan fingerprint density at radius 3 is 2.46 bits per heavy atom. The smallest absolute Gasteiger partial charge is 0.316 e. The number of carbonyl (C=O) groups is 1. The van der Waals surface area contributed by atoms with Crippen molar-refractivity contribution in [3.8, 4) is 0 Å². The largest absolute Gasteiger partial charge is 0.351 e. The number of urea groups is 1. The van der Waals surface area contributed by atoms with Gasteiger partial charge in [-0.2, -0.15) is 0 Å². The zero-order chi connectivity index (χ0) is 17.5. The van der Waals surface area contributed by atoms with E-state index in [1.54, 1.807) is 20.0 Å². The second-order valence-corrected chi connectivity index (χ2v) is 6.71. The molecule has 130 valence electrons. The first-order valence-electron chi connectivity index (χ1n) is 8.75. The fourth-order valence-electron chi connectivity index (χ4n) is 3.24. The fraction of sp³-hybridized carbons (Fsp3) is 0.526. The minimum atomic E-state index is -0.614. The standard InChI is InChI=1S/C19H28N4O/c1-13(14(2)23-19(21)24)18(20)16-9-10-17(22-12-16)11-15-7-5-3-4-6-8-15/h9-10,12,15,20H,3-8,11H2,1-2H3,(H3,21,23,24)/b14-13+,20-18?. The van der Waals surface area contributed by atoms with Gasteiger partial charge in [-0.25, -0.2) is 4.79 Å². The summed E-state index contributed by atoms with van der Waals surface area (Å²) in [7, 11) is 0. The summed E-state index contributed by atoms with van der Waals surface area (Å²) < 4.78 is 0. The number of allylic oxidation sites excluding steroid dienone is 2. The normalized spacial score (nSPS) is 16.9. The Bertz CT molecular complexity index is 611. The van der Waals surface area contributed by atoms with Gasteiger partial charge in [0.15, 0.2) is 0 Å². The average molecular weight is 328 g/mol. The Kier molecular flexibility index (Phi) is 6.53. The van der Waals surface area contributed by atoms with Crippen molar-refractivity contribution in [1.29, 1.82) is 5.41 Å². The Hall–Kier alpha value is -2.17. The highest BCUT2D eigenvalue weighted by atomic mass is 16.2. The molecule has 5 heteroatoms. The highest BCUT2D eigenvalue weighted by Crippen LogP contribution is 2.25. The molecule has 1 aliphatic carbocycles. The molecule has 2 rings (SSSR count). The van der Waals surface area contributed by atoms with Gasteiger partial charge in [0.25, 0.3) is 0 Å². The molecule has 24 heavy (non-hydrogen) atoms. The van der Waals surface area contributed by atoms with Crippen LogP contribution in [0.3, 0.4) is 0 Å². The quantitative estimate of drug-likeness (QED) is 0.564. The van der Waals surface area contributed by atoms with Crippen LogP contribution in [0.2, 0.25) is 0 Å². The number of rotatable bonds is 5. The van der Waals surface area contributed by atoms with Gasteiger partial charge in [-0.05, 0) is 43.9 Å². The third-order valence-electron chi connectivity index (χ3n) is 4.83. The summed E-state index contributed by atoms with van der Waals surface area (Å²) in [4.78, 5) is 15.5. The Balaban J connectivity index is 2.02. The fourth-order valence-corrected chi connectivity index (χ4v) is 3.24. The minimum Gasteiger partial charge on any atom is -0.351 e. The van der Waals surface area contributed by atoms with Crippen LogP contribution < -0.4 is 11.1 Å². The van der Waals surface area contributed by atoms with Crippen LogP contribution >= 0.6 is 0 Å². The first-order valence-corrected chi connectivity index (χ1v) is 8.75. The number of amides is 2. The van der Waals surface area contributed by atoms with E-state index >= 15 is 0 Å². The minimum absolute atomic E-state index is 0.356. The number of aromatic nitrogens is 1. The lowest BCUT2D eigenvalue weighted by atomic mass is 9.94. The number of pyridine rings is 1. The zero-order valence-electron chi connectivity index (χ0n) is 14.7. The molecule has 1 aromatic heterocycles. The van der Waals surface area contributed by atoms with Crippen LogP contribution in [-0.4, -0.2) is 16.7 Å². The summed E-state index contributed by atoms with van der Waals surface area (Å²) in [6.45, 7) is 3.54. The number of hydrogen-bond acceptors (Lipinski definition) is 3. The zero-order valence-corrected chi connectivity index (χ0v) is 14.7. The predicted octanol–water partition coefficient (Wildman–Crippen LogP) is 3.92. The van der Waals surface area contributed by atoms with Crippen molar-refractivity contribution in [2.45, 2.75) is 58.8 Å². The first kappa shape index (κ1) is 18.2. The maximum atomic E-state index is 10.9. The van der Waals surface area contributed by atoms with E-state index in [-0.39, 0.29) is 0 Å². The number of nitrogens with two attached hydrogens (primary N) is 1. The van der Waals surface area contributed by atoms with E-state index in [0.717, 1.165) is 23.6 Å². The number of hydrogen-bond donors (Lipinski definition) is 3. The molecule has 0 aliphatic heterocycles. The molecule has 0 atom stereocenters. The van der Waals surface area contributed by atoms with Gasteiger partial charge in [0.1, 0.15) is 0 Å². The molecule has 1 aliphatic rings. The van der Waals surface area contributed by atoms with Crippen molar-refractivity contribution in [2.24, 2.45) is 11.7 Å². The van der Waals surface area contributed by atoms with E-state index < -0.39 is 6.03 Å². The second-order valence-electron chi connectivity index (χ2n) is 6.71. The lowest BCUT2D eigenvalue weighted by Crippen LogP contribution is -2.29. The maximum Gasteiger partial charge on any atom is 0.316 e. The molecule has 0 radical (unpaired) electrons. The molecule has 1 fully saturated rings. The Morgan fingerprint density at radius 1 is 1.25 bits per heavy atom. The molecule has 0 spiro atoms. The van der Waals surface area contributed by atoms with Crippen LogP contribution in [0.5, 0.6) is 0 Å². The SMILES string of the molecule is C/C(NC(N)=O)=C(/C)C(=N)c1ccc(CC2CCCCCC2)nc1. The lowest BCUT2D eigenvalue weighted by molar-refractivity contribution is 0.251. The summed E-state index contributed by atoms with van der Waals surface area (Å²) in [6, 6.07) is 3.36. The summed E-state index contributed by atoms with van der Waals surface area (Å²) in [5, 5.41) is 10.8. The van der Waals surface area contributed by atoms with E-state index in [1.807, 2.05) is 12.1 Å². The summed E-state index contributed by atoms with van der Waals surface area (Å²) in [5.41, 5.74) is 8.62. The Labute approximate surface area is 144 Å². The maximum absolute atomic E-state index is 10.9. The van der Waals surface area contributed by atoms with Crippen molar-refractivity contribution in [3.05, 3.63) is 40.9 Å². The van der Waals surface area contributed by atoms with Crippen LogP contribution in [0.15, 0.2) is 29.6 Å². The third-order valence-corrected chi connectivity index (χ3v) is 4.83. The molecule has 1 saturated carbocycles. The number of nitrogens with one attached hydrogen (secondary N) is 2. The molecule has 1 heterocycles. The highest BCUT2D eigenvalue weighted by Gasteiger charge is 2.14. The van der Waals surface area contributed by atoms with Gasteiger partial charge < -0.3 is 11.1 Å². The molecule has 5 nitrogen and oxygen atoms in total. The van der Waals surface area contributed by atoms with Crippen LogP contribution in [0.25, 0.3) is 0 Å². The number of primary amides is 1. The van der Waals surface area contributed by atoms with Crippen LogP contribution in [0.1, 0.15) is 63.6 Å². The van der Waals surface area contributed by atoms with Crippen LogP contribution in [0.4, 0.5) is 4.79 Å². The molecule has 0 bridgehead atoms. The number of nitrogens with zero attached hydrogens (tertiary/aromatic N) is 1. The molecule has 0 saturated heterocycles. The van der Waals surface area contributed by atoms with Crippen molar-refractivity contribution < 1.29 is 4.79 Å². The van der Waals surface area contributed by atoms with Gasteiger partial charge in [0.2, 0.25) is 0 Å². The topological polar surface area (TPSA) is 91.9 Å². The van der Waals surface area contributed by atoms with Crippen molar-refractivity contribution in [3.63, 3.8) is 0 Å². The molecule has 1 aromatic rings. The summed E-state index contributed by atoms with van der Waals surface area (Å²) in [6.07, 6.45) is 10.8. The van der Waals surface area contributed by atoms with Gasteiger partial charge in [-0.3, -0.25) is 10.4 Å². The monoisotopic (exact) mass is 328 g/mol. The van der Waals surface area contributed by atoms with Gasteiger partial charge in [0, 0.05) is 23.2 Å². The van der Waals surface area contributed by atoms with Crippen LogP contribution in [0, 0.1) is 11.3 Å². The van der Waals surface area contributed by atoms with E-state index in [0.29, 0.717) is 17.0 Å². The molecular weight excluding hydrogens is 300 g/mol. The van der Waals surface area contributed by atoms with E-state index in [9.17, 15) is 4.79 Å². The van der Waals surface area contributed by atoms with Crippen LogP contribution in [-0.2, 0) is 6.42 Å². The van der Waals surface area contributed by atoms with E-state index in [1.165, 1.54) is 38.5 Å². The van der Waals surface area contributed by atoms with Gasteiger partial charge in [-0.15, -0.1) is 0 Å². The lowest BCUT2D eigenvalue weighted by Gasteiger charge is -2.14. The first-order chi connectivity index (χ1) is 11.5. The van der Waals surface area contributed by atoms with Crippen molar-refractivity contribution in [2.75, 3.05) is 0 Å². The average Bonchev–Trinajstić information content (AvgIpc) is 2.82. The van der Waals surface area contributed by atoms with Crippen molar-refractivity contribution >= 4 is 11.7 Å². The second kappa shape index (κ2) is 8.62. The molecule has 0 unspecified atom stereocenters. The van der Waals surface area contributed by atoms with E-state index in [2.05, 4.69) is 10.3 Å².